The van der Waals surface area contributed by atoms with E-state index in [1.807, 2.05) is 12.1 Å². The molecule has 0 aliphatic carbocycles. The zero-order valence-corrected chi connectivity index (χ0v) is 12.4. The van der Waals surface area contributed by atoms with Crippen LogP contribution in [0.4, 0.5) is 0 Å². The van der Waals surface area contributed by atoms with Gasteiger partial charge in [0.25, 0.3) is 0 Å². The van der Waals surface area contributed by atoms with Gasteiger partial charge in [0.05, 0.1) is 7.11 Å². The summed E-state index contributed by atoms with van der Waals surface area (Å²) in [6.07, 6.45) is 2.22. The number of benzene rings is 1. The first-order valence-electron chi connectivity index (χ1n) is 6.80. The van der Waals surface area contributed by atoms with Gasteiger partial charge in [-0.25, -0.2) is 0 Å². The quantitative estimate of drug-likeness (QED) is 0.796. The Bertz CT molecular complexity index is 358. The lowest BCUT2D eigenvalue weighted by atomic mass is 9.82. The molecule has 0 saturated heterocycles. The van der Waals surface area contributed by atoms with Crippen LogP contribution in [0.1, 0.15) is 39.7 Å². The highest BCUT2D eigenvalue weighted by Crippen LogP contribution is 2.30. The Balaban J connectivity index is 2.58. The Morgan fingerprint density at radius 3 is 2.50 bits per heavy atom. The van der Waals surface area contributed by atoms with Crippen LogP contribution in [0.15, 0.2) is 24.3 Å². The van der Waals surface area contributed by atoms with Crippen LogP contribution in [0.5, 0.6) is 5.75 Å². The Hall–Kier alpha value is -1.02. The van der Waals surface area contributed by atoms with Crippen LogP contribution < -0.4 is 10.1 Å². The third-order valence-corrected chi connectivity index (χ3v) is 3.22. The zero-order valence-electron chi connectivity index (χ0n) is 12.4. The fourth-order valence-corrected chi connectivity index (χ4v) is 2.15. The Kier molecular flexibility index (Phi) is 5.67. The SMILES string of the molecule is COc1ccccc1CC(C)(C)CCNC(C)C. The number of ether oxygens (including phenoxy) is 1. The van der Waals surface area contributed by atoms with E-state index in [1.165, 1.54) is 12.0 Å². The molecule has 2 heteroatoms. The van der Waals surface area contributed by atoms with Crippen LogP contribution >= 0.6 is 0 Å². The second-order valence-electron chi connectivity index (χ2n) is 6.01. The van der Waals surface area contributed by atoms with Gasteiger partial charge in [-0.1, -0.05) is 45.9 Å². The van der Waals surface area contributed by atoms with Crippen LogP contribution in [-0.4, -0.2) is 19.7 Å². The lowest BCUT2D eigenvalue weighted by Gasteiger charge is -2.26. The van der Waals surface area contributed by atoms with Gasteiger partial charge in [-0.2, -0.15) is 0 Å². The predicted molar refractivity (Wildman–Crippen MR) is 78.2 cm³/mol. The van der Waals surface area contributed by atoms with Crippen molar-refractivity contribution in [2.75, 3.05) is 13.7 Å². The molecule has 1 rings (SSSR count). The van der Waals surface area contributed by atoms with Crippen molar-refractivity contribution in [3.05, 3.63) is 29.8 Å². The summed E-state index contributed by atoms with van der Waals surface area (Å²) in [5, 5.41) is 3.48. The standard InChI is InChI=1S/C16H27NO/c1-13(2)17-11-10-16(3,4)12-14-8-6-7-9-15(14)18-5/h6-9,13,17H,10-12H2,1-5H3. The Morgan fingerprint density at radius 1 is 1.22 bits per heavy atom. The third kappa shape index (κ3) is 5.09. The van der Waals surface area contributed by atoms with Crippen LogP contribution in [0, 0.1) is 5.41 Å². The molecule has 1 aromatic rings. The number of methoxy groups -OCH3 is 1. The largest absolute Gasteiger partial charge is 0.496 e. The topological polar surface area (TPSA) is 21.3 Å². The van der Waals surface area contributed by atoms with Gasteiger partial charge in [0.1, 0.15) is 5.75 Å². The minimum atomic E-state index is 0.288. The summed E-state index contributed by atoms with van der Waals surface area (Å²) >= 11 is 0. The molecule has 1 N–H and O–H groups in total. The van der Waals surface area contributed by atoms with Gasteiger partial charge >= 0.3 is 0 Å². The van der Waals surface area contributed by atoms with Gasteiger partial charge < -0.3 is 10.1 Å². The van der Waals surface area contributed by atoms with E-state index < -0.39 is 0 Å². The summed E-state index contributed by atoms with van der Waals surface area (Å²) < 4.78 is 5.42. The molecule has 102 valence electrons. The molecule has 0 fully saturated rings. The van der Waals surface area contributed by atoms with Crippen LogP contribution in [0.3, 0.4) is 0 Å². The zero-order chi connectivity index (χ0) is 13.6. The van der Waals surface area contributed by atoms with Crippen LogP contribution in [0.25, 0.3) is 0 Å². The van der Waals surface area contributed by atoms with Crippen molar-refractivity contribution in [2.24, 2.45) is 5.41 Å². The summed E-state index contributed by atoms with van der Waals surface area (Å²) in [6, 6.07) is 8.87. The molecule has 0 unspecified atom stereocenters. The number of rotatable bonds is 7. The molecule has 0 bridgehead atoms. The van der Waals surface area contributed by atoms with Crippen molar-refractivity contribution < 1.29 is 4.74 Å². The van der Waals surface area contributed by atoms with E-state index in [1.54, 1.807) is 7.11 Å². The number of para-hydroxylation sites is 1. The maximum atomic E-state index is 5.42. The number of nitrogens with one attached hydrogen (secondary N) is 1. The first kappa shape index (κ1) is 15.0. The molecule has 0 heterocycles. The Labute approximate surface area is 112 Å². The molecule has 0 aromatic heterocycles. The minimum absolute atomic E-state index is 0.288. The lowest BCUT2D eigenvalue weighted by Crippen LogP contribution is -2.28. The van der Waals surface area contributed by atoms with Crippen LogP contribution in [0.2, 0.25) is 0 Å². The smallest absolute Gasteiger partial charge is 0.122 e. The molecule has 0 radical (unpaired) electrons. The summed E-state index contributed by atoms with van der Waals surface area (Å²) in [5.41, 5.74) is 1.59. The van der Waals surface area contributed by atoms with Crippen molar-refractivity contribution in [3.63, 3.8) is 0 Å². The third-order valence-electron chi connectivity index (χ3n) is 3.22. The van der Waals surface area contributed by atoms with Crippen molar-refractivity contribution in [1.29, 1.82) is 0 Å². The number of hydrogen-bond donors (Lipinski definition) is 1. The normalized spacial score (nSPS) is 11.9. The highest BCUT2D eigenvalue weighted by atomic mass is 16.5. The fourth-order valence-electron chi connectivity index (χ4n) is 2.15. The van der Waals surface area contributed by atoms with Crippen molar-refractivity contribution in [2.45, 2.75) is 46.6 Å². The maximum absolute atomic E-state index is 5.42. The van der Waals surface area contributed by atoms with E-state index in [9.17, 15) is 0 Å². The molecular weight excluding hydrogens is 222 g/mol. The molecule has 2 nitrogen and oxygen atoms in total. The molecule has 0 aliphatic heterocycles. The van der Waals surface area contributed by atoms with E-state index in [2.05, 4.69) is 45.1 Å². The lowest BCUT2D eigenvalue weighted by molar-refractivity contribution is 0.313. The molecule has 0 spiro atoms. The molecule has 0 atom stereocenters. The summed E-state index contributed by atoms with van der Waals surface area (Å²) in [5.74, 6) is 1.00. The van der Waals surface area contributed by atoms with Crippen LogP contribution in [-0.2, 0) is 6.42 Å². The maximum Gasteiger partial charge on any atom is 0.122 e. The molecule has 0 saturated carbocycles. The molecule has 1 aromatic carbocycles. The van der Waals surface area contributed by atoms with E-state index in [-0.39, 0.29) is 5.41 Å². The van der Waals surface area contributed by atoms with Crippen molar-refractivity contribution >= 4 is 0 Å². The molecular formula is C16H27NO. The average molecular weight is 249 g/mol. The Morgan fingerprint density at radius 2 is 1.89 bits per heavy atom. The van der Waals surface area contributed by atoms with Gasteiger partial charge in [0.2, 0.25) is 0 Å². The first-order chi connectivity index (χ1) is 8.44. The van der Waals surface area contributed by atoms with Gasteiger partial charge in [0.15, 0.2) is 0 Å². The highest BCUT2D eigenvalue weighted by Gasteiger charge is 2.20. The summed E-state index contributed by atoms with van der Waals surface area (Å²) in [4.78, 5) is 0. The van der Waals surface area contributed by atoms with Crippen molar-refractivity contribution in [3.8, 4) is 5.75 Å². The predicted octanol–water partition coefficient (Wildman–Crippen LogP) is 3.65. The van der Waals surface area contributed by atoms with E-state index >= 15 is 0 Å². The number of hydrogen-bond acceptors (Lipinski definition) is 2. The molecule has 0 amide bonds. The van der Waals surface area contributed by atoms with Gasteiger partial charge in [-0.15, -0.1) is 0 Å². The van der Waals surface area contributed by atoms with E-state index in [0.29, 0.717) is 6.04 Å². The monoisotopic (exact) mass is 249 g/mol. The van der Waals surface area contributed by atoms with Gasteiger partial charge in [-0.3, -0.25) is 0 Å². The summed E-state index contributed by atoms with van der Waals surface area (Å²) in [6.45, 7) is 10.1. The second-order valence-corrected chi connectivity index (χ2v) is 6.01. The average Bonchev–Trinajstić information content (AvgIpc) is 2.28. The molecule has 18 heavy (non-hydrogen) atoms. The van der Waals surface area contributed by atoms with E-state index in [0.717, 1.165) is 18.7 Å². The van der Waals surface area contributed by atoms with Gasteiger partial charge in [-0.05, 0) is 36.4 Å². The highest BCUT2D eigenvalue weighted by molar-refractivity contribution is 5.33. The second kappa shape index (κ2) is 6.79. The minimum Gasteiger partial charge on any atom is -0.496 e. The molecule has 0 aliphatic rings. The summed E-state index contributed by atoms with van der Waals surface area (Å²) in [7, 11) is 1.74. The van der Waals surface area contributed by atoms with E-state index in [4.69, 9.17) is 4.74 Å². The fraction of sp³-hybridized carbons (Fsp3) is 0.625. The first-order valence-corrected chi connectivity index (χ1v) is 6.80. The van der Waals surface area contributed by atoms with Gasteiger partial charge in [0, 0.05) is 6.04 Å². The van der Waals surface area contributed by atoms with Crippen molar-refractivity contribution in [1.82, 2.24) is 5.32 Å².